The molecule has 2 rings (SSSR count). The lowest BCUT2D eigenvalue weighted by atomic mass is 10.3. The van der Waals surface area contributed by atoms with Crippen molar-refractivity contribution in [3.8, 4) is 0 Å². The highest BCUT2D eigenvalue weighted by molar-refractivity contribution is 9.10. The summed E-state index contributed by atoms with van der Waals surface area (Å²) in [5.41, 5.74) is 1.01. The van der Waals surface area contributed by atoms with Crippen LogP contribution in [0.1, 0.15) is 9.88 Å². The molecule has 2 nitrogen and oxygen atoms in total. The lowest BCUT2D eigenvalue weighted by Gasteiger charge is -2.05. The summed E-state index contributed by atoms with van der Waals surface area (Å²) in [7, 11) is 0. The fraction of sp³-hybridized carbons (Fsp3) is 0.182. The number of rotatable bonds is 3. The van der Waals surface area contributed by atoms with Crippen molar-refractivity contribution < 1.29 is 0 Å². The molecule has 1 aromatic heterocycles. The van der Waals surface area contributed by atoms with Gasteiger partial charge in [0.2, 0.25) is 0 Å². The molecule has 2 aromatic rings. The van der Waals surface area contributed by atoms with E-state index in [-0.39, 0.29) is 0 Å². The van der Waals surface area contributed by atoms with Crippen LogP contribution in [-0.4, -0.2) is 4.98 Å². The van der Waals surface area contributed by atoms with Gasteiger partial charge in [-0.3, -0.25) is 0 Å². The van der Waals surface area contributed by atoms with Crippen LogP contribution in [0.15, 0.2) is 28.9 Å². The molecule has 0 amide bonds. The number of benzene rings is 1. The molecule has 0 atom stereocenters. The molecule has 0 aliphatic heterocycles. The van der Waals surface area contributed by atoms with Crippen molar-refractivity contribution in [3.05, 3.63) is 43.8 Å². The van der Waals surface area contributed by atoms with Gasteiger partial charge in [0.05, 0.1) is 16.6 Å². The SMILES string of the molecule is Cc1ncc(CNc2ccc(Br)c(Cl)c2)s1. The molecule has 0 unspecified atom stereocenters. The zero-order chi connectivity index (χ0) is 11.5. The number of hydrogen-bond acceptors (Lipinski definition) is 3. The Kier molecular flexibility index (Phi) is 3.84. The standard InChI is InChI=1S/C11H10BrClN2S/c1-7-14-5-9(16-7)6-15-8-2-3-10(12)11(13)4-8/h2-5,15H,6H2,1H3. The second-order valence-electron chi connectivity index (χ2n) is 3.33. The lowest BCUT2D eigenvalue weighted by molar-refractivity contribution is 1.17. The Morgan fingerprint density at radius 3 is 2.94 bits per heavy atom. The highest BCUT2D eigenvalue weighted by atomic mass is 79.9. The molecule has 0 saturated carbocycles. The number of thiazole rings is 1. The Morgan fingerprint density at radius 2 is 2.31 bits per heavy atom. The normalized spacial score (nSPS) is 10.4. The number of anilines is 1. The second kappa shape index (κ2) is 5.17. The Bertz CT molecular complexity index is 498. The van der Waals surface area contributed by atoms with Gasteiger partial charge in [-0.05, 0) is 41.1 Å². The highest BCUT2D eigenvalue weighted by Crippen LogP contribution is 2.26. The molecule has 1 N–H and O–H groups in total. The molecule has 84 valence electrons. The molecule has 16 heavy (non-hydrogen) atoms. The van der Waals surface area contributed by atoms with Crippen molar-refractivity contribution in [2.45, 2.75) is 13.5 Å². The molecule has 1 aromatic carbocycles. The lowest BCUT2D eigenvalue weighted by Crippen LogP contribution is -1.96. The van der Waals surface area contributed by atoms with Crippen molar-refractivity contribution >= 4 is 44.6 Å². The number of aromatic nitrogens is 1. The molecule has 1 heterocycles. The number of nitrogens with one attached hydrogen (secondary N) is 1. The third kappa shape index (κ3) is 2.97. The monoisotopic (exact) mass is 316 g/mol. The molecule has 0 spiro atoms. The highest BCUT2D eigenvalue weighted by Gasteiger charge is 2.00. The Balaban J connectivity index is 2.02. The van der Waals surface area contributed by atoms with Crippen molar-refractivity contribution in [2.24, 2.45) is 0 Å². The van der Waals surface area contributed by atoms with Gasteiger partial charge in [-0.15, -0.1) is 11.3 Å². The van der Waals surface area contributed by atoms with Crippen LogP contribution in [0.2, 0.25) is 5.02 Å². The van der Waals surface area contributed by atoms with Crippen LogP contribution in [-0.2, 0) is 6.54 Å². The molecule has 0 aliphatic carbocycles. The average molecular weight is 318 g/mol. The van der Waals surface area contributed by atoms with Gasteiger partial charge in [-0.1, -0.05) is 11.6 Å². The zero-order valence-corrected chi connectivity index (χ0v) is 11.8. The van der Waals surface area contributed by atoms with E-state index in [4.69, 9.17) is 11.6 Å². The van der Waals surface area contributed by atoms with Gasteiger partial charge < -0.3 is 5.32 Å². The Labute approximate surface area is 112 Å². The zero-order valence-electron chi connectivity index (χ0n) is 8.63. The summed E-state index contributed by atoms with van der Waals surface area (Å²) < 4.78 is 0.911. The van der Waals surface area contributed by atoms with E-state index in [2.05, 4.69) is 26.2 Å². The van der Waals surface area contributed by atoms with Crippen molar-refractivity contribution in [2.75, 3.05) is 5.32 Å². The maximum atomic E-state index is 6.00. The van der Waals surface area contributed by atoms with Crippen LogP contribution in [0.5, 0.6) is 0 Å². The van der Waals surface area contributed by atoms with Crippen LogP contribution in [0.25, 0.3) is 0 Å². The minimum Gasteiger partial charge on any atom is -0.380 e. The van der Waals surface area contributed by atoms with E-state index in [0.717, 1.165) is 21.7 Å². The van der Waals surface area contributed by atoms with Gasteiger partial charge in [0, 0.05) is 21.2 Å². The summed E-state index contributed by atoms with van der Waals surface area (Å²) in [6.45, 7) is 2.79. The van der Waals surface area contributed by atoms with Gasteiger partial charge in [-0.2, -0.15) is 0 Å². The Hall–Kier alpha value is -0.580. The predicted molar refractivity (Wildman–Crippen MR) is 73.3 cm³/mol. The first-order valence-corrected chi connectivity index (χ1v) is 6.74. The van der Waals surface area contributed by atoms with E-state index in [0.29, 0.717) is 5.02 Å². The first-order chi connectivity index (χ1) is 7.65. The maximum absolute atomic E-state index is 6.00. The molecule has 0 radical (unpaired) electrons. The van der Waals surface area contributed by atoms with Gasteiger partial charge in [-0.25, -0.2) is 4.98 Å². The quantitative estimate of drug-likeness (QED) is 0.903. The summed E-state index contributed by atoms with van der Waals surface area (Å²) in [6.07, 6.45) is 1.90. The van der Waals surface area contributed by atoms with Crippen LogP contribution in [0.3, 0.4) is 0 Å². The number of nitrogens with zero attached hydrogens (tertiary/aromatic N) is 1. The summed E-state index contributed by atoms with van der Waals surface area (Å²) >= 11 is 11.1. The summed E-state index contributed by atoms with van der Waals surface area (Å²) in [4.78, 5) is 5.42. The number of aryl methyl sites for hydroxylation is 1. The van der Waals surface area contributed by atoms with E-state index in [1.807, 2.05) is 31.3 Å². The van der Waals surface area contributed by atoms with E-state index < -0.39 is 0 Å². The number of hydrogen-bond donors (Lipinski definition) is 1. The van der Waals surface area contributed by atoms with E-state index >= 15 is 0 Å². The molecule has 5 heteroatoms. The molecule has 0 fully saturated rings. The fourth-order valence-electron chi connectivity index (χ4n) is 1.28. The van der Waals surface area contributed by atoms with Gasteiger partial charge in [0.15, 0.2) is 0 Å². The number of halogens is 2. The molecule has 0 saturated heterocycles. The molecular formula is C11H10BrClN2S. The molecule has 0 bridgehead atoms. The summed E-state index contributed by atoms with van der Waals surface area (Å²) in [5, 5.41) is 5.11. The average Bonchev–Trinajstić information content (AvgIpc) is 2.66. The van der Waals surface area contributed by atoms with E-state index in [1.54, 1.807) is 11.3 Å². The summed E-state index contributed by atoms with van der Waals surface area (Å²) in [6, 6.07) is 5.83. The first-order valence-electron chi connectivity index (χ1n) is 4.75. The van der Waals surface area contributed by atoms with Gasteiger partial charge in [0.1, 0.15) is 0 Å². The topological polar surface area (TPSA) is 24.9 Å². The molecule has 0 aliphatic rings. The minimum atomic E-state index is 0.713. The minimum absolute atomic E-state index is 0.713. The third-order valence-corrected chi connectivity index (χ3v) is 4.20. The van der Waals surface area contributed by atoms with Crippen molar-refractivity contribution in [1.29, 1.82) is 0 Å². The van der Waals surface area contributed by atoms with Crippen molar-refractivity contribution in [1.82, 2.24) is 4.98 Å². The van der Waals surface area contributed by atoms with E-state index in [1.165, 1.54) is 4.88 Å². The van der Waals surface area contributed by atoms with Crippen LogP contribution >= 0.6 is 38.9 Å². The largest absolute Gasteiger partial charge is 0.380 e. The second-order valence-corrected chi connectivity index (χ2v) is 5.91. The van der Waals surface area contributed by atoms with Gasteiger partial charge in [0.25, 0.3) is 0 Å². The third-order valence-electron chi connectivity index (χ3n) is 2.06. The van der Waals surface area contributed by atoms with Crippen molar-refractivity contribution in [3.63, 3.8) is 0 Å². The van der Waals surface area contributed by atoms with Crippen LogP contribution in [0.4, 0.5) is 5.69 Å². The predicted octanol–water partition coefficient (Wildman–Crippen LogP) is 4.48. The smallest absolute Gasteiger partial charge is 0.0897 e. The summed E-state index contributed by atoms with van der Waals surface area (Å²) in [5.74, 6) is 0. The Morgan fingerprint density at radius 1 is 1.50 bits per heavy atom. The van der Waals surface area contributed by atoms with Gasteiger partial charge >= 0.3 is 0 Å². The molecular weight excluding hydrogens is 308 g/mol. The van der Waals surface area contributed by atoms with E-state index in [9.17, 15) is 0 Å². The fourth-order valence-corrected chi connectivity index (χ4v) is 2.44. The first kappa shape index (κ1) is 11.9. The van der Waals surface area contributed by atoms with Crippen LogP contribution < -0.4 is 5.32 Å². The van der Waals surface area contributed by atoms with Crippen LogP contribution in [0, 0.1) is 6.92 Å². The maximum Gasteiger partial charge on any atom is 0.0897 e.